The third kappa shape index (κ3) is 1.60. The van der Waals surface area contributed by atoms with E-state index in [2.05, 4.69) is 11.9 Å². The van der Waals surface area contributed by atoms with Crippen molar-refractivity contribution in [1.82, 2.24) is 9.55 Å². The van der Waals surface area contributed by atoms with Crippen LogP contribution in [0.5, 0.6) is 0 Å². The van der Waals surface area contributed by atoms with Gasteiger partial charge in [0.1, 0.15) is 0 Å². The Bertz CT molecular complexity index is 230. The molecule has 0 saturated heterocycles. The summed E-state index contributed by atoms with van der Waals surface area (Å²) >= 11 is 0. The molecule has 0 aliphatic heterocycles. The number of imidazole rings is 1. The Morgan fingerprint density at radius 2 is 2.36 bits per heavy atom. The number of hydrogen-bond acceptors (Lipinski definition) is 2. The van der Waals surface area contributed by atoms with Gasteiger partial charge in [0, 0.05) is 12.2 Å². The van der Waals surface area contributed by atoms with E-state index in [0.717, 1.165) is 12.1 Å². The summed E-state index contributed by atoms with van der Waals surface area (Å²) in [5.74, 6) is 0. The summed E-state index contributed by atoms with van der Waals surface area (Å²) in [6, 6.07) is 0. The molecule has 0 saturated carbocycles. The highest BCUT2D eigenvalue weighted by molar-refractivity contribution is 5.10. The smallest absolute Gasteiger partial charge is 0.0952 e. The second kappa shape index (κ2) is 3.53. The maximum Gasteiger partial charge on any atom is 0.0952 e. The molecule has 0 atom stereocenters. The molecule has 0 aliphatic rings. The summed E-state index contributed by atoms with van der Waals surface area (Å²) < 4.78 is 1.97. The molecule has 0 amide bonds. The Morgan fingerprint density at radius 3 is 2.82 bits per heavy atom. The van der Waals surface area contributed by atoms with E-state index >= 15 is 0 Å². The van der Waals surface area contributed by atoms with E-state index in [9.17, 15) is 0 Å². The molecule has 0 bridgehead atoms. The zero-order valence-corrected chi connectivity index (χ0v) is 7.04. The summed E-state index contributed by atoms with van der Waals surface area (Å²) in [5, 5.41) is 8.68. The van der Waals surface area contributed by atoms with Crippen LogP contribution in [0.1, 0.15) is 18.3 Å². The molecular weight excluding hydrogens is 140 g/mol. The molecule has 1 heterocycles. The predicted octanol–water partition coefficient (Wildman–Crippen LogP) is 0.746. The highest BCUT2D eigenvalue weighted by atomic mass is 16.3. The maximum atomic E-state index is 8.68. The highest BCUT2D eigenvalue weighted by Crippen LogP contribution is 2.05. The minimum atomic E-state index is 0.181. The average Bonchev–Trinajstić information content (AvgIpc) is 2.34. The summed E-state index contributed by atoms with van der Waals surface area (Å²) in [7, 11) is 0. The first kappa shape index (κ1) is 8.27. The van der Waals surface area contributed by atoms with Crippen molar-refractivity contribution in [2.24, 2.45) is 0 Å². The standard InChI is InChI=1S/C8H14N2O/c1-3-8-7(2)10(4-5-11)6-9-8/h6,11H,3-5H2,1-2H3. The van der Waals surface area contributed by atoms with Gasteiger partial charge < -0.3 is 9.67 Å². The van der Waals surface area contributed by atoms with Gasteiger partial charge in [-0.2, -0.15) is 0 Å². The quantitative estimate of drug-likeness (QED) is 0.697. The molecule has 1 rings (SSSR count). The van der Waals surface area contributed by atoms with Gasteiger partial charge in [-0.3, -0.25) is 0 Å². The second-order valence-corrected chi connectivity index (χ2v) is 2.55. The Hall–Kier alpha value is -0.830. The van der Waals surface area contributed by atoms with Gasteiger partial charge in [-0.25, -0.2) is 4.98 Å². The summed E-state index contributed by atoms with van der Waals surface area (Å²) in [5.41, 5.74) is 2.29. The average molecular weight is 154 g/mol. The zero-order chi connectivity index (χ0) is 8.27. The van der Waals surface area contributed by atoms with Crippen LogP contribution in [-0.4, -0.2) is 21.3 Å². The molecule has 11 heavy (non-hydrogen) atoms. The Morgan fingerprint density at radius 1 is 1.64 bits per heavy atom. The topological polar surface area (TPSA) is 38.0 Å². The molecule has 3 heteroatoms. The second-order valence-electron chi connectivity index (χ2n) is 2.55. The molecule has 1 aromatic heterocycles. The SMILES string of the molecule is CCc1ncn(CCO)c1C. The van der Waals surface area contributed by atoms with Gasteiger partial charge in [-0.15, -0.1) is 0 Å². The molecule has 62 valence electrons. The number of nitrogens with zero attached hydrogens (tertiary/aromatic N) is 2. The van der Waals surface area contributed by atoms with Crippen molar-refractivity contribution in [3.05, 3.63) is 17.7 Å². The van der Waals surface area contributed by atoms with Gasteiger partial charge in [0.2, 0.25) is 0 Å². The lowest BCUT2D eigenvalue weighted by atomic mass is 10.3. The monoisotopic (exact) mass is 154 g/mol. The lowest BCUT2D eigenvalue weighted by Crippen LogP contribution is -2.02. The van der Waals surface area contributed by atoms with Crippen molar-refractivity contribution in [3.63, 3.8) is 0 Å². The van der Waals surface area contributed by atoms with Crippen molar-refractivity contribution in [1.29, 1.82) is 0 Å². The predicted molar refractivity (Wildman–Crippen MR) is 43.4 cm³/mol. The number of aryl methyl sites for hydroxylation is 1. The Balaban J connectivity index is 2.82. The Kier molecular flexibility index (Phi) is 2.65. The normalized spacial score (nSPS) is 10.5. The fourth-order valence-corrected chi connectivity index (χ4v) is 1.17. The van der Waals surface area contributed by atoms with E-state index in [0.29, 0.717) is 6.54 Å². The molecule has 3 nitrogen and oxygen atoms in total. The van der Waals surface area contributed by atoms with Crippen molar-refractivity contribution < 1.29 is 5.11 Å². The first-order chi connectivity index (χ1) is 5.29. The maximum absolute atomic E-state index is 8.68. The van der Waals surface area contributed by atoms with Crippen molar-refractivity contribution in [3.8, 4) is 0 Å². The van der Waals surface area contributed by atoms with E-state index < -0.39 is 0 Å². The zero-order valence-electron chi connectivity index (χ0n) is 7.04. The number of aromatic nitrogens is 2. The van der Waals surface area contributed by atoms with Gasteiger partial charge in [-0.05, 0) is 13.3 Å². The molecule has 0 aliphatic carbocycles. The van der Waals surface area contributed by atoms with E-state index in [1.54, 1.807) is 6.33 Å². The summed E-state index contributed by atoms with van der Waals surface area (Å²) in [6.07, 6.45) is 2.74. The van der Waals surface area contributed by atoms with Crippen molar-refractivity contribution in [2.45, 2.75) is 26.8 Å². The third-order valence-corrected chi connectivity index (χ3v) is 1.88. The number of rotatable bonds is 3. The van der Waals surface area contributed by atoms with Gasteiger partial charge in [-0.1, -0.05) is 6.92 Å². The lowest BCUT2D eigenvalue weighted by molar-refractivity contribution is 0.275. The molecule has 0 unspecified atom stereocenters. The van der Waals surface area contributed by atoms with Gasteiger partial charge in [0.15, 0.2) is 0 Å². The minimum Gasteiger partial charge on any atom is -0.395 e. The van der Waals surface area contributed by atoms with E-state index in [1.807, 2.05) is 11.5 Å². The van der Waals surface area contributed by atoms with E-state index in [-0.39, 0.29) is 6.61 Å². The molecule has 0 aromatic carbocycles. The summed E-state index contributed by atoms with van der Waals surface area (Å²) in [6.45, 7) is 4.94. The molecular formula is C8H14N2O. The number of hydrogen-bond donors (Lipinski definition) is 1. The van der Waals surface area contributed by atoms with Crippen LogP contribution in [0.2, 0.25) is 0 Å². The van der Waals surface area contributed by atoms with Crippen molar-refractivity contribution >= 4 is 0 Å². The minimum absolute atomic E-state index is 0.181. The van der Waals surface area contributed by atoms with E-state index in [4.69, 9.17) is 5.11 Å². The van der Waals surface area contributed by atoms with Gasteiger partial charge in [0.25, 0.3) is 0 Å². The van der Waals surface area contributed by atoms with Crippen LogP contribution in [0.25, 0.3) is 0 Å². The number of aliphatic hydroxyl groups excluding tert-OH is 1. The van der Waals surface area contributed by atoms with Crippen LogP contribution in [0, 0.1) is 6.92 Å². The highest BCUT2D eigenvalue weighted by Gasteiger charge is 2.02. The van der Waals surface area contributed by atoms with Crippen LogP contribution >= 0.6 is 0 Å². The molecule has 1 aromatic rings. The first-order valence-electron chi connectivity index (χ1n) is 3.91. The molecule has 0 fully saturated rings. The molecule has 0 spiro atoms. The number of aliphatic hydroxyl groups is 1. The molecule has 1 N–H and O–H groups in total. The van der Waals surface area contributed by atoms with E-state index in [1.165, 1.54) is 5.69 Å². The largest absolute Gasteiger partial charge is 0.395 e. The van der Waals surface area contributed by atoms with Crippen LogP contribution in [0.15, 0.2) is 6.33 Å². The fraction of sp³-hybridized carbons (Fsp3) is 0.625. The lowest BCUT2D eigenvalue weighted by Gasteiger charge is -2.01. The van der Waals surface area contributed by atoms with Gasteiger partial charge >= 0.3 is 0 Å². The van der Waals surface area contributed by atoms with Crippen molar-refractivity contribution in [2.75, 3.05) is 6.61 Å². The van der Waals surface area contributed by atoms with Crippen LogP contribution < -0.4 is 0 Å². The van der Waals surface area contributed by atoms with Crippen LogP contribution in [0.3, 0.4) is 0 Å². The van der Waals surface area contributed by atoms with Gasteiger partial charge in [0.05, 0.1) is 18.6 Å². The summed E-state index contributed by atoms with van der Waals surface area (Å²) in [4.78, 5) is 4.20. The van der Waals surface area contributed by atoms with Crippen LogP contribution in [0.4, 0.5) is 0 Å². The third-order valence-electron chi connectivity index (χ3n) is 1.88. The fourth-order valence-electron chi connectivity index (χ4n) is 1.17. The first-order valence-corrected chi connectivity index (χ1v) is 3.91. The van der Waals surface area contributed by atoms with Crippen LogP contribution in [-0.2, 0) is 13.0 Å². The Labute approximate surface area is 66.7 Å². The molecule has 0 radical (unpaired) electrons.